The molecule has 1 fully saturated rings. The molecule has 250 valence electrons. The maximum Gasteiger partial charge on any atom is 0.264 e. The van der Waals surface area contributed by atoms with Crippen LogP contribution >= 0.6 is 11.6 Å². The van der Waals surface area contributed by atoms with Crippen molar-refractivity contribution < 1.29 is 27.4 Å². The number of halogens is 1. The Bertz CT molecular complexity index is 1560. The second kappa shape index (κ2) is 13.9. The van der Waals surface area contributed by atoms with Crippen LogP contribution in [0.5, 0.6) is 5.75 Å². The molecule has 10 heteroatoms. The van der Waals surface area contributed by atoms with E-state index in [2.05, 4.69) is 33.9 Å². The average molecular weight is 671 g/mol. The summed E-state index contributed by atoms with van der Waals surface area (Å²) in [5, 5.41) is -0.0122. The summed E-state index contributed by atoms with van der Waals surface area (Å²) < 4.78 is 47.4. The standard InChI is InChI=1S/C36H47ClN2O6S/c1-24-7-4-9-33(44-18-6-17-43-3)30-13-10-28(30)21-39-22-36(16-5-8-26-19-29(37)12-14-31(26)36)23-45-34-15-11-27(20-32(34)39)35(40)38-46(41,42)25(24)2/h4,9,11-12,14-15,19-20,24-25,28,30,33H,5-8,10,13,16-18,21-23H2,1-3H3,(H,38,40)/b9-4+/t24-,25+,28-,30+,33-,36-/m0/s1. The third kappa shape index (κ3) is 6.84. The molecule has 2 aromatic rings. The highest BCUT2D eigenvalue weighted by atomic mass is 35.5. The highest BCUT2D eigenvalue weighted by molar-refractivity contribution is 7.90. The summed E-state index contributed by atoms with van der Waals surface area (Å²) in [5.41, 5.74) is 3.44. The summed E-state index contributed by atoms with van der Waals surface area (Å²) in [6, 6.07) is 11.5. The van der Waals surface area contributed by atoms with E-state index in [9.17, 15) is 13.2 Å². The highest BCUT2D eigenvalue weighted by Crippen LogP contribution is 2.47. The predicted octanol–water partition coefficient (Wildman–Crippen LogP) is 6.31. The molecule has 4 aliphatic rings. The van der Waals surface area contributed by atoms with E-state index < -0.39 is 21.2 Å². The predicted molar refractivity (Wildman–Crippen MR) is 181 cm³/mol. The van der Waals surface area contributed by atoms with Crippen molar-refractivity contribution in [2.75, 3.05) is 44.9 Å². The zero-order valence-corrected chi connectivity index (χ0v) is 28.7. The topological polar surface area (TPSA) is 94.2 Å². The molecule has 1 saturated carbocycles. The molecule has 6 rings (SSSR count). The van der Waals surface area contributed by atoms with E-state index in [1.165, 1.54) is 11.1 Å². The van der Waals surface area contributed by atoms with Crippen LogP contribution in [0.1, 0.15) is 73.9 Å². The van der Waals surface area contributed by atoms with E-state index in [-0.39, 0.29) is 17.4 Å². The number of sulfonamides is 1. The first-order chi connectivity index (χ1) is 22.1. The summed E-state index contributed by atoms with van der Waals surface area (Å²) in [4.78, 5) is 15.9. The van der Waals surface area contributed by atoms with E-state index in [4.69, 9.17) is 25.8 Å². The van der Waals surface area contributed by atoms with Crippen molar-refractivity contribution in [3.63, 3.8) is 0 Å². The van der Waals surface area contributed by atoms with Gasteiger partial charge in [0.2, 0.25) is 10.0 Å². The van der Waals surface area contributed by atoms with Gasteiger partial charge in [0.25, 0.3) is 5.91 Å². The average Bonchev–Trinajstić information content (AvgIpc) is 3.16. The number of amides is 1. The zero-order valence-electron chi connectivity index (χ0n) is 27.2. The maximum absolute atomic E-state index is 13.5. The van der Waals surface area contributed by atoms with Crippen LogP contribution in [-0.4, -0.2) is 65.7 Å². The monoisotopic (exact) mass is 670 g/mol. The Morgan fingerprint density at radius 3 is 2.76 bits per heavy atom. The number of carbonyl (C=O) groups excluding carboxylic acids is 1. The zero-order chi connectivity index (χ0) is 32.5. The molecule has 6 atom stereocenters. The lowest BCUT2D eigenvalue weighted by atomic mass is 9.68. The molecule has 0 saturated heterocycles. The molecule has 1 amide bonds. The van der Waals surface area contributed by atoms with Gasteiger partial charge < -0.3 is 19.1 Å². The summed E-state index contributed by atoms with van der Waals surface area (Å²) >= 11 is 6.44. The minimum Gasteiger partial charge on any atom is -0.490 e. The van der Waals surface area contributed by atoms with Crippen molar-refractivity contribution in [3.05, 3.63) is 70.3 Å². The minimum atomic E-state index is -3.91. The lowest BCUT2D eigenvalue weighted by molar-refractivity contribution is -0.0195. The number of aryl methyl sites for hydroxylation is 1. The first kappa shape index (κ1) is 33.3. The molecule has 1 spiro atoms. The van der Waals surface area contributed by atoms with Crippen LogP contribution in [0.25, 0.3) is 0 Å². The molecule has 2 aliphatic carbocycles. The molecule has 2 aromatic carbocycles. The Labute approximate surface area is 278 Å². The van der Waals surface area contributed by atoms with Crippen molar-refractivity contribution in [3.8, 4) is 5.75 Å². The van der Waals surface area contributed by atoms with Gasteiger partial charge in [-0.25, -0.2) is 13.1 Å². The number of ether oxygens (including phenoxy) is 3. The van der Waals surface area contributed by atoms with Crippen molar-refractivity contribution in [2.45, 2.75) is 75.6 Å². The van der Waals surface area contributed by atoms with Crippen LogP contribution in [0.4, 0.5) is 5.69 Å². The molecular weight excluding hydrogens is 624 g/mol. The Kier molecular flexibility index (Phi) is 10.0. The third-order valence-corrected chi connectivity index (χ3v) is 13.0. The number of carbonyl (C=O) groups is 1. The molecule has 2 heterocycles. The van der Waals surface area contributed by atoms with Crippen molar-refractivity contribution in [1.82, 2.24) is 4.72 Å². The molecule has 0 unspecified atom stereocenters. The fourth-order valence-electron chi connectivity index (χ4n) is 7.74. The number of fused-ring (bicyclic) bond motifs is 4. The fourth-order valence-corrected chi connectivity index (χ4v) is 9.22. The van der Waals surface area contributed by atoms with Gasteiger partial charge in [-0.1, -0.05) is 36.7 Å². The third-order valence-electron chi connectivity index (χ3n) is 10.8. The first-order valence-electron chi connectivity index (χ1n) is 16.7. The number of allylic oxidation sites excluding steroid dienone is 1. The number of rotatable bonds is 5. The van der Waals surface area contributed by atoms with Crippen LogP contribution in [-0.2, 0) is 31.3 Å². The van der Waals surface area contributed by atoms with Gasteiger partial charge in [-0.2, -0.15) is 0 Å². The Balaban J connectivity index is 1.40. The molecule has 2 aliphatic heterocycles. The van der Waals surface area contributed by atoms with Gasteiger partial charge in [0.15, 0.2) is 0 Å². The second-order valence-electron chi connectivity index (χ2n) is 13.8. The van der Waals surface area contributed by atoms with Gasteiger partial charge in [-0.05, 0) is 111 Å². The molecule has 1 N–H and O–H groups in total. The van der Waals surface area contributed by atoms with Crippen LogP contribution in [0.15, 0.2) is 48.6 Å². The molecule has 2 bridgehead atoms. The number of anilines is 1. The number of hydrogen-bond acceptors (Lipinski definition) is 7. The number of methoxy groups -OCH3 is 1. The van der Waals surface area contributed by atoms with Crippen molar-refractivity contribution >= 4 is 33.2 Å². The van der Waals surface area contributed by atoms with Gasteiger partial charge in [0, 0.05) is 49.4 Å². The van der Waals surface area contributed by atoms with Crippen LogP contribution in [0.3, 0.4) is 0 Å². The molecule has 0 aromatic heterocycles. The van der Waals surface area contributed by atoms with E-state index in [0.717, 1.165) is 62.3 Å². The Morgan fingerprint density at radius 1 is 1.13 bits per heavy atom. The van der Waals surface area contributed by atoms with Gasteiger partial charge in [0.1, 0.15) is 5.75 Å². The largest absolute Gasteiger partial charge is 0.490 e. The second-order valence-corrected chi connectivity index (χ2v) is 16.3. The Morgan fingerprint density at radius 2 is 1.98 bits per heavy atom. The first-order valence-corrected chi connectivity index (χ1v) is 18.7. The number of hydrogen-bond donors (Lipinski definition) is 1. The normalized spacial score (nSPS) is 31.4. The quantitative estimate of drug-likeness (QED) is 0.295. The van der Waals surface area contributed by atoms with Crippen molar-refractivity contribution in [2.24, 2.45) is 17.8 Å². The molecular formula is C36H47ClN2O6S. The van der Waals surface area contributed by atoms with Gasteiger partial charge in [0.05, 0.1) is 23.6 Å². The number of nitrogens with one attached hydrogen (secondary N) is 1. The fraction of sp³-hybridized carbons (Fsp3) is 0.583. The Hall–Kier alpha value is -2.59. The number of benzene rings is 2. The van der Waals surface area contributed by atoms with E-state index in [1.54, 1.807) is 20.1 Å². The summed E-state index contributed by atoms with van der Waals surface area (Å²) in [6.07, 6.45) is 10.7. The molecule has 0 radical (unpaired) electrons. The lowest BCUT2D eigenvalue weighted by Crippen LogP contribution is -2.49. The molecule has 8 nitrogen and oxygen atoms in total. The van der Waals surface area contributed by atoms with Crippen molar-refractivity contribution in [1.29, 1.82) is 0 Å². The lowest BCUT2D eigenvalue weighted by Gasteiger charge is -2.46. The van der Waals surface area contributed by atoms with Crippen LogP contribution < -0.4 is 14.4 Å². The minimum absolute atomic E-state index is 0.0668. The summed E-state index contributed by atoms with van der Waals surface area (Å²) in [7, 11) is -2.21. The van der Waals surface area contributed by atoms with Crippen LogP contribution in [0, 0.1) is 17.8 Å². The number of nitrogens with zero attached hydrogens (tertiary/aromatic N) is 1. The van der Waals surface area contributed by atoms with E-state index in [1.807, 2.05) is 25.1 Å². The van der Waals surface area contributed by atoms with Gasteiger partial charge in [-0.3, -0.25) is 4.79 Å². The summed E-state index contributed by atoms with van der Waals surface area (Å²) in [6.45, 7) is 6.85. The molecule has 46 heavy (non-hydrogen) atoms. The highest BCUT2D eigenvalue weighted by Gasteiger charge is 2.44. The van der Waals surface area contributed by atoms with E-state index >= 15 is 0 Å². The van der Waals surface area contributed by atoms with E-state index in [0.29, 0.717) is 49.4 Å². The van der Waals surface area contributed by atoms with Crippen LogP contribution in [0.2, 0.25) is 5.02 Å². The van der Waals surface area contributed by atoms with Gasteiger partial charge >= 0.3 is 0 Å². The smallest absolute Gasteiger partial charge is 0.264 e. The van der Waals surface area contributed by atoms with Gasteiger partial charge in [-0.15, -0.1) is 0 Å². The summed E-state index contributed by atoms with van der Waals surface area (Å²) in [5.74, 6) is 0.614. The maximum atomic E-state index is 13.5. The SMILES string of the molecule is COCCCO[C@H]1/C=C/C[C@H](C)[C@@H](C)S(=O)(=O)NC(=O)c2ccc3c(c2)N(C[C@@H]2CC[C@H]21)C[C@@]1(CCCc2cc(Cl)ccc21)CO3.